The maximum Gasteiger partial charge on any atom is 0.144 e. The summed E-state index contributed by atoms with van der Waals surface area (Å²) >= 11 is 11.7. The molecule has 0 aliphatic rings. The van der Waals surface area contributed by atoms with Crippen LogP contribution in [0.3, 0.4) is 0 Å². The molecule has 0 aliphatic heterocycles. The Bertz CT molecular complexity index is 356. The lowest BCUT2D eigenvalue weighted by molar-refractivity contribution is 0.0636. The van der Waals surface area contributed by atoms with E-state index in [-0.39, 0.29) is 0 Å². The fraction of sp³-hybridized carbons (Fsp3) is 0.545. The van der Waals surface area contributed by atoms with E-state index >= 15 is 0 Å². The van der Waals surface area contributed by atoms with Crippen molar-refractivity contribution < 1.29 is 5.11 Å². The highest BCUT2D eigenvalue weighted by molar-refractivity contribution is 6.35. The molecule has 0 fully saturated rings. The third-order valence-electron chi connectivity index (χ3n) is 2.23. The van der Waals surface area contributed by atoms with Crippen molar-refractivity contribution in [2.75, 3.05) is 11.9 Å². The van der Waals surface area contributed by atoms with Crippen LogP contribution in [0.4, 0.5) is 5.82 Å². The zero-order chi connectivity index (χ0) is 12.2. The van der Waals surface area contributed by atoms with Crippen molar-refractivity contribution in [1.82, 2.24) is 4.98 Å². The quantitative estimate of drug-likeness (QED) is 0.856. The molecule has 1 rings (SSSR count). The molecule has 5 heteroatoms. The number of aromatic nitrogens is 1. The van der Waals surface area contributed by atoms with Crippen LogP contribution in [0.1, 0.15) is 26.7 Å². The molecule has 1 atom stereocenters. The fourth-order valence-corrected chi connectivity index (χ4v) is 1.89. The van der Waals surface area contributed by atoms with Gasteiger partial charge >= 0.3 is 0 Å². The number of aliphatic hydroxyl groups is 1. The zero-order valence-electron chi connectivity index (χ0n) is 9.43. The summed E-state index contributed by atoms with van der Waals surface area (Å²) in [5, 5.41) is 13.9. The normalized spacial score (nSPS) is 14.6. The average molecular weight is 263 g/mol. The second-order valence-corrected chi connectivity index (χ2v) is 4.93. The molecule has 1 unspecified atom stereocenters. The Morgan fingerprint density at radius 2 is 2.19 bits per heavy atom. The van der Waals surface area contributed by atoms with Crippen LogP contribution in [0.25, 0.3) is 0 Å². The van der Waals surface area contributed by atoms with Gasteiger partial charge in [-0.25, -0.2) is 4.98 Å². The predicted octanol–water partition coefficient (Wildman–Crippen LogP) is 3.35. The molecule has 0 spiro atoms. The molecule has 0 saturated heterocycles. The summed E-state index contributed by atoms with van der Waals surface area (Å²) in [5.41, 5.74) is -0.751. The van der Waals surface area contributed by atoms with Crippen molar-refractivity contribution in [3.63, 3.8) is 0 Å². The largest absolute Gasteiger partial charge is 0.388 e. The van der Waals surface area contributed by atoms with Crippen LogP contribution in [-0.2, 0) is 0 Å². The van der Waals surface area contributed by atoms with Gasteiger partial charge in [-0.2, -0.15) is 0 Å². The number of nitrogens with one attached hydrogen (secondary N) is 1. The van der Waals surface area contributed by atoms with Crippen LogP contribution in [0, 0.1) is 0 Å². The molecule has 0 radical (unpaired) electrons. The number of rotatable bonds is 5. The van der Waals surface area contributed by atoms with Crippen LogP contribution >= 0.6 is 23.2 Å². The van der Waals surface area contributed by atoms with Gasteiger partial charge in [0, 0.05) is 12.7 Å². The fourth-order valence-electron chi connectivity index (χ4n) is 1.45. The molecule has 0 amide bonds. The number of nitrogens with zero attached hydrogens (tertiary/aromatic N) is 1. The molecule has 0 saturated carbocycles. The van der Waals surface area contributed by atoms with Gasteiger partial charge < -0.3 is 10.4 Å². The van der Waals surface area contributed by atoms with Crippen LogP contribution in [0.2, 0.25) is 10.0 Å². The summed E-state index contributed by atoms with van der Waals surface area (Å²) in [6.07, 6.45) is 3.17. The molecule has 0 aromatic carbocycles. The van der Waals surface area contributed by atoms with E-state index in [1.165, 1.54) is 6.20 Å². The average Bonchev–Trinajstić information content (AvgIpc) is 2.16. The highest BCUT2D eigenvalue weighted by Crippen LogP contribution is 2.23. The molecule has 1 heterocycles. The van der Waals surface area contributed by atoms with E-state index in [9.17, 15) is 5.11 Å². The lowest BCUT2D eigenvalue weighted by atomic mass is 10.0. The molecule has 16 heavy (non-hydrogen) atoms. The van der Waals surface area contributed by atoms with Gasteiger partial charge in [-0.05, 0) is 19.4 Å². The Hall–Kier alpha value is -0.510. The first-order valence-corrected chi connectivity index (χ1v) is 5.97. The lowest BCUT2D eigenvalue weighted by Crippen LogP contribution is -2.33. The van der Waals surface area contributed by atoms with Crippen molar-refractivity contribution >= 4 is 29.0 Å². The summed E-state index contributed by atoms with van der Waals surface area (Å²) < 4.78 is 0. The molecule has 90 valence electrons. The Balaban J connectivity index is 2.61. The minimum atomic E-state index is -0.751. The Morgan fingerprint density at radius 3 is 2.75 bits per heavy atom. The standard InChI is InChI=1S/C11H16Cl2N2O/c1-3-4-11(2,16)7-15-10-9(13)5-8(12)6-14-10/h5-6,16H,3-4,7H2,1-2H3,(H,14,15). The highest BCUT2D eigenvalue weighted by atomic mass is 35.5. The van der Waals surface area contributed by atoms with Crippen molar-refractivity contribution in [2.45, 2.75) is 32.3 Å². The number of hydrogen-bond acceptors (Lipinski definition) is 3. The molecular formula is C11H16Cl2N2O. The van der Waals surface area contributed by atoms with Crippen molar-refractivity contribution in [3.05, 3.63) is 22.3 Å². The van der Waals surface area contributed by atoms with E-state index in [1.807, 2.05) is 6.92 Å². The summed E-state index contributed by atoms with van der Waals surface area (Å²) in [6, 6.07) is 1.62. The molecule has 0 bridgehead atoms. The first-order valence-electron chi connectivity index (χ1n) is 5.22. The van der Waals surface area contributed by atoms with E-state index in [2.05, 4.69) is 10.3 Å². The van der Waals surface area contributed by atoms with Gasteiger partial charge in [0.15, 0.2) is 0 Å². The molecular weight excluding hydrogens is 247 g/mol. The number of halogens is 2. The van der Waals surface area contributed by atoms with Gasteiger partial charge in [0.25, 0.3) is 0 Å². The second-order valence-electron chi connectivity index (χ2n) is 4.08. The number of anilines is 1. The maximum atomic E-state index is 9.96. The van der Waals surface area contributed by atoms with Gasteiger partial charge in [0.2, 0.25) is 0 Å². The third-order valence-corrected chi connectivity index (χ3v) is 2.73. The Morgan fingerprint density at radius 1 is 1.50 bits per heavy atom. The number of pyridine rings is 1. The van der Waals surface area contributed by atoms with Crippen LogP contribution in [0.15, 0.2) is 12.3 Å². The van der Waals surface area contributed by atoms with Crippen LogP contribution < -0.4 is 5.32 Å². The summed E-state index contributed by atoms with van der Waals surface area (Å²) in [5.74, 6) is 0.544. The zero-order valence-corrected chi connectivity index (χ0v) is 10.9. The van der Waals surface area contributed by atoms with E-state index < -0.39 is 5.60 Å². The lowest BCUT2D eigenvalue weighted by Gasteiger charge is -2.23. The monoisotopic (exact) mass is 262 g/mol. The van der Waals surface area contributed by atoms with Crippen LogP contribution in [-0.4, -0.2) is 22.2 Å². The smallest absolute Gasteiger partial charge is 0.144 e. The molecule has 1 aromatic rings. The van der Waals surface area contributed by atoms with E-state index in [4.69, 9.17) is 23.2 Å². The first-order chi connectivity index (χ1) is 7.44. The van der Waals surface area contributed by atoms with Crippen LogP contribution in [0.5, 0.6) is 0 Å². The SMILES string of the molecule is CCCC(C)(O)CNc1ncc(Cl)cc1Cl. The van der Waals surface area contributed by atoms with Gasteiger partial charge in [0.05, 0.1) is 15.6 Å². The molecule has 2 N–H and O–H groups in total. The van der Waals surface area contributed by atoms with E-state index in [0.29, 0.717) is 22.4 Å². The third kappa shape index (κ3) is 4.16. The topological polar surface area (TPSA) is 45.1 Å². The van der Waals surface area contributed by atoms with E-state index in [1.54, 1.807) is 13.0 Å². The molecule has 1 aromatic heterocycles. The molecule has 3 nitrogen and oxygen atoms in total. The first kappa shape index (κ1) is 13.6. The minimum absolute atomic E-state index is 0.412. The Labute approximate surface area is 106 Å². The summed E-state index contributed by atoms with van der Waals surface area (Å²) in [4.78, 5) is 4.05. The van der Waals surface area contributed by atoms with Gasteiger partial charge in [-0.15, -0.1) is 0 Å². The predicted molar refractivity (Wildman–Crippen MR) is 68.3 cm³/mol. The van der Waals surface area contributed by atoms with Gasteiger partial charge in [0.1, 0.15) is 5.82 Å². The van der Waals surface area contributed by atoms with E-state index in [0.717, 1.165) is 12.8 Å². The number of hydrogen-bond donors (Lipinski definition) is 2. The minimum Gasteiger partial charge on any atom is -0.388 e. The van der Waals surface area contributed by atoms with Crippen molar-refractivity contribution in [3.8, 4) is 0 Å². The summed E-state index contributed by atoms with van der Waals surface area (Å²) in [6.45, 7) is 4.23. The van der Waals surface area contributed by atoms with Gasteiger partial charge in [-0.1, -0.05) is 36.5 Å². The summed E-state index contributed by atoms with van der Waals surface area (Å²) in [7, 11) is 0. The maximum absolute atomic E-state index is 9.96. The van der Waals surface area contributed by atoms with Crippen molar-refractivity contribution in [1.29, 1.82) is 0 Å². The second kappa shape index (κ2) is 5.71. The Kier molecular flexibility index (Phi) is 4.84. The van der Waals surface area contributed by atoms with Crippen molar-refractivity contribution in [2.24, 2.45) is 0 Å². The molecule has 0 aliphatic carbocycles. The van der Waals surface area contributed by atoms with Gasteiger partial charge in [-0.3, -0.25) is 0 Å². The highest BCUT2D eigenvalue weighted by Gasteiger charge is 2.19.